The molecule has 0 radical (unpaired) electrons. The van der Waals surface area contributed by atoms with E-state index in [0.29, 0.717) is 37.5 Å². The van der Waals surface area contributed by atoms with Crippen LogP contribution in [0.25, 0.3) is 0 Å². The average molecular weight is 313 g/mol. The molecule has 3 atom stereocenters. The maximum Gasteiger partial charge on any atom is 0.241 e. The maximum atomic E-state index is 12.9. The largest absolute Gasteiger partial charge is 0.423 e. The van der Waals surface area contributed by atoms with Crippen LogP contribution >= 0.6 is 0 Å². The normalized spacial score (nSPS) is 27.0. The first-order valence-corrected chi connectivity index (χ1v) is 7.97. The number of carbonyl (C=O) groups is 1. The first kappa shape index (κ1) is 14.4. The minimum atomic E-state index is -0.269. The van der Waals surface area contributed by atoms with Crippen LogP contribution in [-0.4, -0.2) is 40.8 Å². The van der Waals surface area contributed by atoms with Gasteiger partial charge in [0, 0.05) is 19.4 Å². The van der Waals surface area contributed by atoms with Crippen molar-refractivity contribution in [2.75, 3.05) is 19.8 Å². The Hall–Kier alpha value is -2.21. The SMILES string of the molecule is Cc1nnc([C@@H]2COCCN2C(=O)[C@H]2C[C@@H]2c2ccccc2)o1. The second kappa shape index (κ2) is 5.77. The topological polar surface area (TPSA) is 68.5 Å². The molecule has 1 aromatic heterocycles. The average Bonchev–Trinajstić information content (AvgIpc) is 3.29. The number of aromatic nitrogens is 2. The van der Waals surface area contributed by atoms with Gasteiger partial charge in [-0.2, -0.15) is 0 Å². The number of ether oxygens (including phenoxy) is 1. The fourth-order valence-corrected chi connectivity index (χ4v) is 3.27. The molecule has 6 heteroatoms. The number of benzene rings is 1. The highest BCUT2D eigenvalue weighted by Gasteiger charge is 2.48. The van der Waals surface area contributed by atoms with Crippen molar-refractivity contribution in [3.05, 3.63) is 47.7 Å². The molecule has 1 amide bonds. The van der Waals surface area contributed by atoms with Crippen LogP contribution in [0.3, 0.4) is 0 Å². The second-order valence-corrected chi connectivity index (χ2v) is 6.14. The van der Waals surface area contributed by atoms with Gasteiger partial charge in [-0.05, 0) is 17.9 Å². The molecule has 1 saturated carbocycles. The molecule has 0 spiro atoms. The third kappa shape index (κ3) is 2.74. The van der Waals surface area contributed by atoms with Gasteiger partial charge in [0.05, 0.1) is 13.2 Å². The third-order valence-corrected chi connectivity index (χ3v) is 4.57. The summed E-state index contributed by atoms with van der Waals surface area (Å²) >= 11 is 0. The molecule has 0 bridgehead atoms. The smallest absolute Gasteiger partial charge is 0.241 e. The van der Waals surface area contributed by atoms with Gasteiger partial charge in [-0.25, -0.2) is 0 Å². The van der Waals surface area contributed by atoms with E-state index in [1.807, 2.05) is 23.1 Å². The molecule has 1 saturated heterocycles. The van der Waals surface area contributed by atoms with Crippen LogP contribution in [0.15, 0.2) is 34.7 Å². The molecular formula is C17H19N3O3. The van der Waals surface area contributed by atoms with Gasteiger partial charge in [-0.3, -0.25) is 4.79 Å². The molecule has 2 aromatic rings. The van der Waals surface area contributed by atoms with Gasteiger partial charge in [0.2, 0.25) is 17.7 Å². The summed E-state index contributed by atoms with van der Waals surface area (Å²) < 4.78 is 11.0. The summed E-state index contributed by atoms with van der Waals surface area (Å²) in [6.45, 7) is 3.29. The summed E-state index contributed by atoms with van der Waals surface area (Å²) in [6, 6.07) is 9.96. The molecule has 1 aliphatic heterocycles. The molecule has 2 aliphatic rings. The Bertz CT molecular complexity index is 700. The molecule has 6 nitrogen and oxygen atoms in total. The molecule has 0 N–H and O–H groups in total. The zero-order chi connectivity index (χ0) is 15.8. The van der Waals surface area contributed by atoms with Gasteiger partial charge >= 0.3 is 0 Å². The first-order valence-electron chi connectivity index (χ1n) is 7.97. The summed E-state index contributed by atoms with van der Waals surface area (Å²) in [5, 5.41) is 7.94. The Balaban J connectivity index is 1.51. The van der Waals surface area contributed by atoms with Crippen molar-refractivity contribution in [1.29, 1.82) is 0 Å². The zero-order valence-electron chi connectivity index (χ0n) is 13.0. The van der Waals surface area contributed by atoms with Gasteiger partial charge in [0.15, 0.2) is 0 Å². The Morgan fingerprint density at radius 2 is 2.09 bits per heavy atom. The number of amides is 1. The van der Waals surface area contributed by atoms with Crippen LogP contribution in [0.4, 0.5) is 0 Å². The number of morpholine rings is 1. The van der Waals surface area contributed by atoms with E-state index < -0.39 is 0 Å². The molecular weight excluding hydrogens is 294 g/mol. The highest BCUT2D eigenvalue weighted by atomic mass is 16.5. The van der Waals surface area contributed by atoms with Gasteiger partial charge in [0.1, 0.15) is 6.04 Å². The fraction of sp³-hybridized carbons (Fsp3) is 0.471. The number of carbonyl (C=O) groups excluding carboxylic acids is 1. The highest BCUT2D eigenvalue weighted by Crippen LogP contribution is 2.49. The van der Waals surface area contributed by atoms with Gasteiger partial charge < -0.3 is 14.1 Å². The van der Waals surface area contributed by atoms with E-state index in [0.717, 1.165) is 6.42 Å². The Morgan fingerprint density at radius 1 is 1.26 bits per heavy atom. The number of hydrogen-bond acceptors (Lipinski definition) is 5. The first-order chi connectivity index (χ1) is 11.2. The fourth-order valence-electron chi connectivity index (χ4n) is 3.27. The summed E-state index contributed by atoms with van der Waals surface area (Å²) in [6.07, 6.45) is 0.912. The molecule has 0 unspecified atom stereocenters. The standard InChI is InChI=1S/C17H19N3O3/c1-11-18-19-16(23-11)15-10-22-8-7-20(15)17(21)14-9-13(14)12-5-3-2-4-6-12/h2-6,13-15H,7-10H2,1H3/t13-,14+,15+/m1/s1. The van der Waals surface area contributed by atoms with Crippen molar-refractivity contribution in [3.63, 3.8) is 0 Å². The van der Waals surface area contributed by atoms with Crippen LogP contribution in [0, 0.1) is 12.8 Å². The minimum absolute atomic E-state index is 0.0574. The molecule has 23 heavy (non-hydrogen) atoms. The second-order valence-electron chi connectivity index (χ2n) is 6.14. The lowest BCUT2D eigenvalue weighted by atomic mass is 10.1. The number of nitrogens with zero attached hydrogens (tertiary/aromatic N) is 3. The Morgan fingerprint density at radius 3 is 2.83 bits per heavy atom. The molecule has 1 aliphatic carbocycles. The van der Waals surface area contributed by atoms with Crippen molar-refractivity contribution in [1.82, 2.24) is 15.1 Å². The Labute approximate surface area is 134 Å². The lowest BCUT2D eigenvalue weighted by Gasteiger charge is -2.33. The highest BCUT2D eigenvalue weighted by molar-refractivity contribution is 5.83. The van der Waals surface area contributed by atoms with Gasteiger partial charge in [-0.1, -0.05) is 30.3 Å². The quantitative estimate of drug-likeness (QED) is 0.868. The van der Waals surface area contributed by atoms with E-state index >= 15 is 0 Å². The number of hydrogen-bond donors (Lipinski definition) is 0. The maximum absolute atomic E-state index is 12.9. The van der Waals surface area contributed by atoms with Gasteiger partial charge in [-0.15, -0.1) is 10.2 Å². The number of rotatable bonds is 3. The van der Waals surface area contributed by atoms with Gasteiger partial charge in [0.25, 0.3) is 0 Å². The minimum Gasteiger partial charge on any atom is -0.423 e. The van der Waals surface area contributed by atoms with Crippen LogP contribution in [0.5, 0.6) is 0 Å². The van der Waals surface area contributed by atoms with E-state index in [1.54, 1.807) is 6.92 Å². The van der Waals surface area contributed by atoms with Crippen molar-refractivity contribution < 1.29 is 13.9 Å². The predicted octanol–water partition coefficient (Wildman–Crippen LogP) is 2.08. The van der Waals surface area contributed by atoms with Crippen molar-refractivity contribution >= 4 is 5.91 Å². The van der Waals surface area contributed by atoms with Crippen LogP contribution < -0.4 is 0 Å². The molecule has 1 aromatic carbocycles. The lowest BCUT2D eigenvalue weighted by Crippen LogP contribution is -2.44. The van der Waals surface area contributed by atoms with Crippen molar-refractivity contribution in [3.8, 4) is 0 Å². The van der Waals surface area contributed by atoms with E-state index in [4.69, 9.17) is 9.15 Å². The van der Waals surface area contributed by atoms with Crippen LogP contribution in [0.1, 0.15) is 35.7 Å². The molecule has 2 heterocycles. The van der Waals surface area contributed by atoms with Crippen molar-refractivity contribution in [2.45, 2.75) is 25.3 Å². The Kier molecular flexibility index (Phi) is 3.61. The van der Waals surface area contributed by atoms with Crippen LogP contribution in [-0.2, 0) is 9.53 Å². The summed E-state index contributed by atoms with van der Waals surface area (Å²) in [5.74, 6) is 1.53. The molecule has 2 fully saturated rings. The van der Waals surface area contributed by atoms with E-state index in [1.165, 1.54) is 5.56 Å². The van der Waals surface area contributed by atoms with E-state index in [2.05, 4.69) is 22.3 Å². The number of aryl methyl sites for hydroxylation is 1. The van der Waals surface area contributed by atoms with Crippen LogP contribution in [0.2, 0.25) is 0 Å². The zero-order valence-corrected chi connectivity index (χ0v) is 13.0. The summed E-state index contributed by atoms with van der Waals surface area (Å²) in [7, 11) is 0. The molecule has 120 valence electrons. The summed E-state index contributed by atoms with van der Waals surface area (Å²) in [4.78, 5) is 14.8. The van der Waals surface area contributed by atoms with E-state index in [9.17, 15) is 4.79 Å². The lowest BCUT2D eigenvalue weighted by molar-refractivity contribution is -0.142. The monoisotopic (exact) mass is 313 g/mol. The van der Waals surface area contributed by atoms with Crippen molar-refractivity contribution in [2.24, 2.45) is 5.92 Å². The van der Waals surface area contributed by atoms with E-state index in [-0.39, 0.29) is 17.9 Å². The predicted molar refractivity (Wildman–Crippen MR) is 81.6 cm³/mol. The summed E-state index contributed by atoms with van der Waals surface area (Å²) in [5.41, 5.74) is 1.24. The molecule has 4 rings (SSSR count). The third-order valence-electron chi connectivity index (χ3n) is 4.57.